The molecule has 2 aromatic carbocycles. The fourth-order valence-corrected chi connectivity index (χ4v) is 2.95. The van der Waals surface area contributed by atoms with Gasteiger partial charge in [-0.15, -0.1) is 11.8 Å². The summed E-state index contributed by atoms with van der Waals surface area (Å²) in [6, 6.07) is 15.8. The lowest BCUT2D eigenvalue weighted by molar-refractivity contribution is -0.115. The van der Waals surface area contributed by atoms with E-state index in [2.05, 4.69) is 40.3 Å². The predicted molar refractivity (Wildman–Crippen MR) is 89.3 cm³/mol. The third-order valence-electron chi connectivity index (χ3n) is 2.80. The van der Waals surface area contributed by atoms with Crippen molar-refractivity contribution in [3.8, 4) is 0 Å². The molecule has 0 aliphatic heterocycles. The number of nitrogens with one attached hydrogen (secondary N) is 1. The van der Waals surface area contributed by atoms with Gasteiger partial charge in [-0.25, -0.2) is 0 Å². The highest BCUT2D eigenvalue weighted by Gasteiger charge is 2.14. The summed E-state index contributed by atoms with van der Waals surface area (Å²) in [5, 5.41) is 2.78. The molecule has 0 aliphatic carbocycles. The largest absolute Gasteiger partial charge is 0.325 e. The summed E-state index contributed by atoms with van der Waals surface area (Å²) in [4.78, 5) is 13.3. The Kier molecular flexibility index (Phi) is 5.26. The van der Waals surface area contributed by atoms with Crippen LogP contribution in [0.25, 0.3) is 0 Å². The zero-order chi connectivity index (χ0) is 14.5. The van der Waals surface area contributed by atoms with Gasteiger partial charge in [-0.1, -0.05) is 39.7 Å². The van der Waals surface area contributed by atoms with Crippen LogP contribution in [-0.4, -0.2) is 11.2 Å². The van der Waals surface area contributed by atoms with Gasteiger partial charge >= 0.3 is 0 Å². The van der Waals surface area contributed by atoms with Gasteiger partial charge in [0.05, 0.1) is 5.25 Å². The highest BCUT2D eigenvalue weighted by Crippen LogP contribution is 2.25. The molecule has 4 heteroatoms. The molecule has 0 saturated heterocycles. The van der Waals surface area contributed by atoms with Crippen LogP contribution < -0.4 is 5.32 Å². The van der Waals surface area contributed by atoms with E-state index in [0.717, 1.165) is 15.1 Å². The first-order chi connectivity index (χ1) is 9.54. The van der Waals surface area contributed by atoms with Crippen LogP contribution in [0.4, 0.5) is 5.69 Å². The standard InChI is InChI=1S/C16H16BrNOS/c1-11-6-8-15(9-7-11)20-12(2)16(19)18-14-5-3-4-13(17)10-14/h3-10,12H,1-2H3,(H,18,19). The fraction of sp³-hybridized carbons (Fsp3) is 0.188. The second kappa shape index (κ2) is 6.95. The first kappa shape index (κ1) is 15.1. The number of benzene rings is 2. The average molecular weight is 350 g/mol. The molecule has 0 saturated carbocycles. The van der Waals surface area contributed by atoms with E-state index < -0.39 is 0 Å². The molecule has 0 aliphatic rings. The predicted octanol–water partition coefficient (Wildman–Crippen LogP) is 4.88. The molecule has 2 aromatic rings. The van der Waals surface area contributed by atoms with Gasteiger partial charge in [0, 0.05) is 15.1 Å². The van der Waals surface area contributed by atoms with Crippen molar-refractivity contribution in [3.63, 3.8) is 0 Å². The summed E-state index contributed by atoms with van der Waals surface area (Å²) < 4.78 is 0.953. The number of halogens is 1. The molecule has 20 heavy (non-hydrogen) atoms. The van der Waals surface area contributed by atoms with Crippen molar-refractivity contribution < 1.29 is 4.79 Å². The number of thioether (sulfide) groups is 1. The van der Waals surface area contributed by atoms with E-state index in [-0.39, 0.29) is 11.2 Å². The number of carbonyl (C=O) groups excluding carboxylic acids is 1. The number of hydrogen-bond donors (Lipinski definition) is 1. The topological polar surface area (TPSA) is 29.1 Å². The molecule has 1 N–H and O–H groups in total. The maximum atomic E-state index is 12.1. The van der Waals surface area contributed by atoms with Crippen molar-refractivity contribution in [1.82, 2.24) is 0 Å². The second-order valence-corrected chi connectivity index (χ2v) is 6.90. The Morgan fingerprint density at radius 1 is 1.20 bits per heavy atom. The van der Waals surface area contributed by atoms with Gasteiger partial charge < -0.3 is 5.32 Å². The van der Waals surface area contributed by atoms with Crippen molar-refractivity contribution in [2.75, 3.05) is 5.32 Å². The maximum absolute atomic E-state index is 12.1. The van der Waals surface area contributed by atoms with E-state index in [1.54, 1.807) is 11.8 Å². The minimum absolute atomic E-state index is 0.00803. The Morgan fingerprint density at radius 3 is 2.55 bits per heavy atom. The van der Waals surface area contributed by atoms with Crippen LogP contribution in [0, 0.1) is 6.92 Å². The van der Waals surface area contributed by atoms with Crippen LogP contribution in [0.3, 0.4) is 0 Å². The molecular formula is C16H16BrNOS. The molecule has 1 atom stereocenters. The minimum atomic E-state index is -0.142. The number of anilines is 1. The first-order valence-corrected chi connectivity index (χ1v) is 8.01. The number of amides is 1. The summed E-state index contributed by atoms with van der Waals surface area (Å²) in [7, 11) is 0. The first-order valence-electron chi connectivity index (χ1n) is 6.34. The molecule has 0 heterocycles. The van der Waals surface area contributed by atoms with Gasteiger partial charge in [0.15, 0.2) is 0 Å². The van der Waals surface area contributed by atoms with E-state index in [0.29, 0.717) is 0 Å². The lowest BCUT2D eigenvalue weighted by Gasteiger charge is -2.12. The molecular weight excluding hydrogens is 334 g/mol. The lowest BCUT2D eigenvalue weighted by Crippen LogP contribution is -2.22. The number of carbonyl (C=O) groups is 1. The summed E-state index contributed by atoms with van der Waals surface area (Å²) >= 11 is 4.95. The Morgan fingerprint density at radius 2 is 1.90 bits per heavy atom. The van der Waals surface area contributed by atoms with E-state index in [9.17, 15) is 4.79 Å². The highest BCUT2D eigenvalue weighted by molar-refractivity contribution is 9.10. The summed E-state index contributed by atoms with van der Waals surface area (Å²) in [5.74, 6) is 0.00803. The van der Waals surface area contributed by atoms with Crippen molar-refractivity contribution in [3.05, 3.63) is 58.6 Å². The van der Waals surface area contributed by atoms with E-state index in [1.165, 1.54) is 5.56 Å². The van der Waals surface area contributed by atoms with Gasteiger partial charge in [-0.2, -0.15) is 0 Å². The molecule has 0 aromatic heterocycles. The summed E-state index contributed by atoms with van der Waals surface area (Å²) in [5.41, 5.74) is 2.03. The third kappa shape index (κ3) is 4.39. The van der Waals surface area contributed by atoms with Crippen molar-refractivity contribution in [2.24, 2.45) is 0 Å². The molecule has 0 radical (unpaired) electrons. The normalized spacial score (nSPS) is 11.9. The molecule has 2 rings (SSSR count). The lowest BCUT2D eigenvalue weighted by atomic mass is 10.2. The van der Waals surface area contributed by atoms with E-state index >= 15 is 0 Å². The van der Waals surface area contributed by atoms with Crippen LogP contribution in [0.5, 0.6) is 0 Å². The quantitative estimate of drug-likeness (QED) is 0.797. The van der Waals surface area contributed by atoms with Crippen LogP contribution in [0.15, 0.2) is 57.9 Å². The molecule has 1 unspecified atom stereocenters. The Hall–Kier alpha value is -1.26. The third-order valence-corrected chi connectivity index (χ3v) is 4.40. The average Bonchev–Trinajstić information content (AvgIpc) is 2.41. The van der Waals surface area contributed by atoms with Gasteiger partial charge in [0.2, 0.25) is 5.91 Å². The second-order valence-electron chi connectivity index (χ2n) is 4.57. The number of rotatable bonds is 4. The van der Waals surface area contributed by atoms with Crippen LogP contribution in [-0.2, 0) is 4.79 Å². The van der Waals surface area contributed by atoms with E-state index in [1.807, 2.05) is 43.3 Å². The van der Waals surface area contributed by atoms with Crippen LogP contribution in [0.1, 0.15) is 12.5 Å². The zero-order valence-electron chi connectivity index (χ0n) is 11.4. The van der Waals surface area contributed by atoms with E-state index in [4.69, 9.17) is 0 Å². The molecule has 1 amide bonds. The molecule has 2 nitrogen and oxygen atoms in total. The SMILES string of the molecule is Cc1ccc(SC(C)C(=O)Nc2cccc(Br)c2)cc1. The molecule has 104 valence electrons. The smallest absolute Gasteiger partial charge is 0.237 e. The Bertz CT molecular complexity index is 598. The van der Waals surface area contributed by atoms with Crippen LogP contribution in [0.2, 0.25) is 0 Å². The van der Waals surface area contributed by atoms with Gasteiger partial charge in [-0.3, -0.25) is 4.79 Å². The maximum Gasteiger partial charge on any atom is 0.237 e. The van der Waals surface area contributed by atoms with Gasteiger partial charge in [0.1, 0.15) is 0 Å². The monoisotopic (exact) mass is 349 g/mol. The summed E-state index contributed by atoms with van der Waals surface area (Å²) in [6.45, 7) is 3.97. The Labute approximate surface area is 132 Å². The zero-order valence-corrected chi connectivity index (χ0v) is 13.8. The number of hydrogen-bond acceptors (Lipinski definition) is 2. The van der Waals surface area contributed by atoms with Crippen molar-refractivity contribution >= 4 is 39.3 Å². The highest BCUT2D eigenvalue weighted by atomic mass is 79.9. The van der Waals surface area contributed by atoms with Gasteiger partial charge in [-0.05, 0) is 44.2 Å². The molecule has 0 bridgehead atoms. The fourth-order valence-electron chi connectivity index (χ4n) is 1.68. The Balaban J connectivity index is 1.96. The molecule has 0 spiro atoms. The van der Waals surface area contributed by atoms with Gasteiger partial charge in [0.25, 0.3) is 0 Å². The number of aryl methyl sites for hydroxylation is 1. The van der Waals surface area contributed by atoms with Crippen molar-refractivity contribution in [1.29, 1.82) is 0 Å². The van der Waals surface area contributed by atoms with Crippen molar-refractivity contribution in [2.45, 2.75) is 24.0 Å². The molecule has 0 fully saturated rings. The van der Waals surface area contributed by atoms with Crippen LogP contribution >= 0.6 is 27.7 Å². The minimum Gasteiger partial charge on any atom is -0.325 e. The summed E-state index contributed by atoms with van der Waals surface area (Å²) in [6.07, 6.45) is 0.